The molecule has 0 saturated heterocycles. The molecule has 3 aromatic rings. The zero-order valence-electron chi connectivity index (χ0n) is 15.2. The summed E-state index contributed by atoms with van der Waals surface area (Å²) in [6, 6.07) is 14.8. The summed E-state index contributed by atoms with van der Waals surface area (Å²) >= 11 is 1.28. The summed E-state index contributed by atoms with van der Waals surface area (Å²) in [4.78, 5) is 12.5. The average Bonchev–Trinajstić information content (AvgIpc) is 3.12. The van der Waals surface area contributed by atoms with Gasteiger partial charge in [-0.1, -0.05) is 23.9 Å². The Balaban J connectivity index is 1.74. The van der Waals surface area contributed by atoms with Crippen molar-refractivity contribution in [2.24, 2.45) is 0 Å². The van der Waals surface area contributed by atoms with Gasteiger partial charge in [0.2, 0.25) is 11.1 Å². The summed E-state index contributed by atoms with van der Waals surface area (Å²) in [6.45, 7) is 5.80. The summed E-state index contributed by atoms with van der Waals surface area (Å²) in [5.41, 5.74) is 4.23. The number of aromatic nitrogens is 4. The Kier molecular flexibility index (Phi) is 5.52. The van der Waals surface area contributed by atoms with Crippen LogP contribution in [-0.2, 0) is 4.79 Å². The van der Waals surface area contributed by atoms with Crippen LogP contribution in [0.5, 0.6) is 0 Å². The van der Waals surface area contributed by atoms with Crippen molar-refractivity contribution >= 4 is 23.4 Å². The lowest BCUT2D eigenvalue weighted by Crippen LogP contribution is -2.23. The van der Waals surface area contributed by atoms with Gasteiger partial charge in [-0.3, -0.25) is 4.79 Å². The van der Waals surface area contributed by atoms with Crippen LogP contribution in [0.2, 0.25) is 0 Å². The zero-order valence-corrected chi connectivity index (χ0v) is 16.0. The standard InChI is InChI=1S/C19H18N6OS/c1-12-4-5-13(2)17(10-12)25-19(22-23-24-25)27-14(3)18(26)21-16-8-6-15(11-20)7-9-16/h4-10,14H,1-3H3,(H,21,26)/t14-/m1/s1. The van der Waals surface area contributed by atoms with E-state index in [4.69, 9.17) is 5.26 Å². The van der Waals surface area contributed by atoms with Crippen LogP contribution < -0.4 is 5.32 Å². The first-order valence-corrected chi connectivity index (χ1v) is 9.19. The lowest BCUT2D eigenvalue weighted by atomic mass is 10.1. The predicted octanol–water partition coefficient (Wildman–Crippen LogP) is 3.27. The molecule has 0 aliphatic heterocycles. The number of amides is 1. The van der Waals surface area contributed by atoms with E-state index in [-0.39, 0.29) is 5.91 Å². The molecule has 0 radical (unpaired) electrons. The van der Waals surface area contributed by atoms with E-state index in [1.165, 1.54) is 11.8 Å². The maximum Gasteiger partial charge on any atom is 0.237 e. The molecule has 1 atom stereocenters. The second kappa shape index (κ2) is 8.01. The molecule has 0 fully saturated rings. The fourth-order valence-electron chi connectivity index (χ4n) is 2.43. The quantitative estimate of drug-likeness (QED) is 0.685. The second-order valence-electron chi connectivity index (χ2n) is 6.10. The Morgan fingerprint density at radius 1 is 1.22 bits per heavy atom. The van der Waals surface area contributed by atoms with E-state index < -0.39 is 5.25 Å². The number of benzene rings is 2. The van der Waals surface area contributed by atoms with Crippen molar-refractivity contribution < 1.29 is 4.79 Å². The highest BCUT2D eigenvalue weighted by molar-refractivity contribution is 8.00. The van der Waals surface area contributed by atoms with Crippen LogP contribution in [0.3, 0.4) is 0 Å². The molecule has 1 aromatic heterocycles. The molecular formula is C19H18N6OS. The topological polar surface area (TPSA) is 96.5 Å². The zero-order chi connectivity index (χ0) is 19.4. The smallest absolute Gasteiger partial charge is 0.237 e. The monoisotopic (exact) mass is 378 g/mol. The molecule has 7 nitrogen and oxygen atoms in total. The summed E-state index contributed by atoms with van der Waals surface area (Å²) in [5.74, 6) is -0.166. The molecule has 1 N–H and O–H groups in total. The average molecular weight is 378 g/mol. The van der Waals surface area contributed by atoms with E-state index in [0.717, 1.165) is 16.8 Å². The number of carbonyl (C=O) groups excluding carboxylic acids is 1. The van der Waals surface area contributed by atoms with E-state index in [0.29, 0.717) is 16.4 Å². The molecule has 8 heteroatoms. The van der Waals surface area contributed by atoms with Gasteiger partial charge in [0.1, 0.15) is 0 Å². The van der Waals surface area contributed by atoms with Crippen molar-refractivity contribution in [3.63, 3.8) is 0 Å². The van der Waals surface area contributed by atoms with E-state index in [9.17, 15) is 4.79 Å². The number of anilines is 1. The predicted molar refractivity (Wildman–Crippen MR) is 104 cm³/mol. The number of nitrogens with one attached hydrogen (secondary N) is 1. The molecule has 0 aliphatic carbocycles. The minimum absolute atomic E-state index is 0.166. The first-order valence-electron chi connectivity index (χ1n) is 8.31. The van der Waals surface area contributed by atoms with Crippen LogP contribution in [0, 0.1) is 25.2 Å². The van der Waals surface area contributed by atoms with Gasteiger partial charge in [0.25, 0.3) is 0 Å². The summed E-state index contributed by atoms with van der Waals surface area (Å²) in [7, 11) is 0. The van der Waals surface area contributed by atoms with Gasteiger partial charge in [-0.15, -0.1) is 5.10 Å². The Labute approximate surface area is 161 Å². The minimum atomic E-state index is -0.407. The van der Waals surface area contributed by atoms with Crippen LogP contribution in [-0.4, -0.2) is 31.4 Å². The highest BCUT2D eigenvalue weighted by Crippen LogP contribution is 2.25. The van der Waals surface area contributed by atoms with E-state index in [2.05, 4.69) is 20.8 Å². The molecule has 2 aromatic carbocycles. The lowest BCUT2D eigenvalue weighted by molar-refractivity contribution is -0.115. The molecule has 0 aliphatic rings. The van der Waals surface area contributed by atoms with E-state index >= 15 is 0 Å². The fourth-order valence-corrected chi connectivity index (χ4v) is 3.24. The number of thioether (sulfide) groups is 1. The molecule has 0 spiro atoms. The summed E-state index contributed by atoms with van der Waals surface area (Å²) in [5, 5.41) is 23.7. The summed E-state index contributed by atoms with van der Waals surface area (Å²) < 4.78 is 1.65. The molecule has 0 unspecified atom stereocenters. The van der Waals surface area contributed by atoms with Gasteiger partial charge in [-0.2, -0.15) is 9.94 Å². The third-order valence-corrected chi connectivity index (χ3v) is 5.00. The normalized spacial score (nSPS) is 11.6. The number of carbonyl (C=O) groups is 1. The van der Waals surface area contributed by atoms with Crippen LogP contribution in [0.1, 0.15) is 23.6 Å². The van der Waals surface area contributed by atoms with Gasteiger partial charge in [0.15, 0.2) is 0 Å². The number of tetrazole rings is 1. The van der Waals surface area contributed by atoms with Crippen molar-refractivity contribution in [2.75, 3.05) is 5.32 Å². The molecular weight excluding hydrogens is 360 g/mol. The van der Waals surface area contributed by atoms with Crippen LogP contribution in [0.15, 0.2) is 47.6 Å². The van der Waals surface area contributed by atoms with Gasteiger partial charge in [0.05, 0.1) is 22.6 Å². The Hall–Kier alpha value is -3.18. The van der Waals surface area contributed by atoms with Gasteiger partial charge in [-0.25, -0.2) is 0 Å². The largest absolute Gasteiger partial charge is 0.325 e. The second-order valence-corrected chi connectivity index (χ2v) is 7.41. The SMILES string of the molecule is Cc1ccc(C)c(-n2nnnc2S[C@H](C)C(=O)Nc2ccc(C#N)cc2)c1. The third kappa shape index (κ3) is 4.33. The lowest BCUT2D eigenvalue weighted by Gasteiger charge is -2.13. The molecule has 3 rings (SSSR count). The van der Waals surface area contributed by atoms with E-state index in [1.807, 2.05) is 38.1 Å². The maximum absolute atomic E-state index is 12.5. The molecule has 1 heterocycles. The Bertz CT molecular complexity index is 1010. The Morgan fingerprint density at radius 3 is 2.67 bits per heavy atom. The highest BCUT2D eigenvalue weighted by Gasteiger charge is 2.20. The fraction of sp³-hybridized carbons (Fsp3) is 0.211. The molecule has 1 amide bonds. The number of nitrogens with zero attached hydrogens (tertiary/aromatic N) is 5. The summed E-state index contributed by atoms with van der Waals surface area (Å²) in [6.07, 6.45) is 0. The molecule has 136 valence electrons. The Morgan fingerprint density at radius 2 is 1.96 bits per heavy atom. The molecule has 0 saturated carbocycles. The number of aryl methyl sites for hydroxylation is 2. The first kappa shape index (κ1) is 18.6. The molecule has 27 heavy (non-hydrogen) atoms. The van der Waals surface area contributed by atoms with Gasteiger partial charge in [-0.05, 0) is 72.7 Å². The molecule has 0 bridgehead atoms. The van der Waals surface area contributed by atoms with Gasteiger partial charge >= 0.3 is 0 Å². The maximum atomic E-state index is 12.5. The first-order chi connectivity index (χ1) is 13.0. The van der Waals surface area contributed by atoms with Crippen LogP contribution in [0.4, 0.5) is 5.69 Å². The third-order valence-electron chi connectivity index (χ3n) is 3.97. The van der Waals surface area contributed by atoms with Gasteiger partial charge < -0.3 is 5.32 Å². The van der Waals surface area contributed by atoms with E-state index in [1.54, 1.807) is 35.9 Å². The van der Waals surface area contributed by atoms with Crippen molar-refractivity contribution in [2.45, 2.75) is 31.2 Å². The number of hydrogen-bond donors (Lipinski definition) is 1. The van der Waals surface area contributed by atoms with Crippen molar-refractivity contribution in [1.82, 2.24) is 20.2 Å². The number of rotatable bonds is 5. The van der Waals surface area contributed by atoms with Crippen molar-refractivity contribution in [1.29, 1.82) is 5.26 Å². The van der Waals surface area contributed by atoms with Crippen LogP contribution in [0.25, 0.3) is 5.69 Å². The highest BCUT2D eigenvalue weighted by atomic mass is 32.2. The number of hydrogen-bond acceptors (Lipinski definition) is 6. The van der Waals surface area contributed by atoms with Crippen molar-refractivity contribution in [3.05, 3.63) is 59.2 Å². The number of nitriles is 1. The van der Waals surface area contributed by atoms with Gasteiger partial charge in [0, 0.05) is 5.69 Å². The van der Waals surface area contributed by atoms with Crippen LogP contribution >= 0.6 is 11.8 Å². The minimum Gasteiger partial charge on any atom is -0.325 e. The van der Waals surface area contributed by atoms with Crippen molar-refractivity contribution in [3.8, 4) is 11.8 Å².